The fourth-order valence-electron chi connectivity index (χ4n) is 1.85. The molecule has 4 nitrogen and oxygen atoms in total. The maximum Gasteiger partial charge on any atom is 0.0833 e. The third kappa shape index (κ3) is 4.26. The second-order valence-electron chi connectivity index (χ2n) is 4.70. The molecule has 1 heterocycles. The van der Waals surface area contributed by atoms with E-state index in [-0.39, 0.29) is 0 Å². The van der Waals surface area contributed by atoms with Crippen molar-refractivity contribution in [2.45, 2.75) is 39.5 Å². The molecule has 104 valence electrons. The predicted octanol–water partition coefficient (Wildman–Crippen LogP) is 2.18. The number of nitrogens with zero attached hydrogens (tertiary/aromatic N) is 2. The third-order valence-electron chi connectivity index (χ3n) is 2.71. The van der Waals surface area contributed by atoms with Crippen LogP contribution in [0.5, 0.6) is 0 Å². The molecule has 0 saturated carbocycles. The van der Waals surface area contributed by atoms with Crippen LogP contribution in [0.2, 0.25) is 0 Å². The van der Waals surface area contributed by atoms with E-state index in [9.17, 15) is 5.11 Å². The Labute approximate surface area is 122 Å². The van der Waals surface area contributed by atoms with Crippen molar-refractivity contribution in [2.24, 2.45) is 0 Å². The standard InChI is InChI=1S/C12H22BrN3OS/c1-5-16-10(11(13)9(2)15-16)6-14-7-12(3,17)8-18-4/h14,17H,5-8H2,1-4H3. The zero-order valence-corrected chi connectivity index (χ0v) is 13.9. The SMILES string of the molecule is CCn1nc(C)c(Br)c1CNCC(C)(O)CSC. The Morgan fingerprint density at radius 2 is 2.22 bits per heavy atom. The first-order chi connectivity index (χ1) is 8.41. The summed E-state index contributed by atoms with van der Waals surface area (Å²) >= 11 is 5.22. The number of aryl methyl sites for hydroxylation is 2. The minimum Gasteiger partial charge on any atom is -0.388 e. The van der Waals surface area contributed by atoms with Gasteiger partial charge in [-0.1, -0.05) is 0 Å². The average molecular weight is 336 g/mol. The first-order valence-corrected chi connectivity index (χ1v) is 8.23. The Hall–Kier alpha value is -0.0400. The first kappa shape index (κ1) is 16.0. The molecule has 1 rings (SSSR count). The van der Waals surface area contributed by atoms with Gasteiger partial charge in [0.15, 0.2) is 0 Å². The van der Waals surface area contributed by atoms with Crippen LogP contribution in [0, 0.1) is 6.92 Å². The van der Waals surface area contributed by atoms with Crippen LogP contribution in [0.1, 0.15) is 25.2 Å². The zero-order chi connectivity index (χ0) is 13.8. The van der Waals surface area contributed by atoms with Crippen LogP contribution < -0.4 is 5.32 Å². The lowest BCUT2D eigenvalue weighted by Crippen LogP contribution is -2.40. The van der Waals surface area contributed by atoms with Gasteiger partial charge in [0.25, 0.3) is 0 Å². The Kier molecular flexibility index (Phi) is 6.17. The van der Waals surface area contributed by atoms with E-state index in [0.717, 1.165) is 28.2 Å². The number of nitrogens with one attached hydrogen (secondary N) is 1. The number of rotatable bonds is 7. The van der Waals surface area contributed by atoms with Gasteiger partial charge in [-0.15, -0.1) is 0 Å². The Balaban J connectivity index is 2.59. The summed E-state index contributed by atoms with van der Waals surface area (Å²) in [6.45, 7) is 8.06. The molecule has 6 heteroatoms. The fraction of sp³-hybridized carbons (Fsp3) is 0.750. The molecule has 1 unspecified atom stereocenters. The molecule has 1 aromatic heterocycles. The quantitative estimate of drug-likeness (QED) is 0.801. The molecule has 1 aromatic rings. The first-order valence-electron chi connectivity index (χ1n) is 6.05. The topological polar surface area (TPSA) is 50.1 Å². The highest BCUT2D eigenvalue weighted by Gasteiger charge is 2.19. The van der Waals surface area contributed by atoms with E-state index < -0.39 is 5.60 Å². The van der Waals surface area contributed by atoms with Crippen LogP contribution in [0.25, 0.3) is 0 Å². The Morgan fingerprint density at radius 1 is 1.56 bits per heavy atom. The molecule has 0 amide bonds. The van der Waals surface area contributed by atoms with Gasteiger partial charge in [-0.05, 0) is 43.0 Å². The van der Waals surface area contributed by atoms with Gasteiger partial charge in [0.1, 0.15) is 0 Å². The molecule has 0 aromatic carbocycles. The summed E-state index contributed by atoms with van der Waals surface area (Å²) < 4.78 is 3.04. The van der Waals surface area contributed by atoms with Crippen molar-refractivity contribution in [3.63, 3.8) is 0 Å². The highest BCUT2D eigenvalue weighted by molar-refractivity contribution is 9.10. The maximum atomic E-state index is 10.1. The minimum absolute atomic E-state index is 0.578. The van der Waals surface area contributed by atoms with Gasteiger partial charge in [-0.3, -0.25) is 4.68 Å². The van der Waals surface area contributed by atoms with Crippen molar-refractivity contribution in [3.8, 4) is 0 Å². The van der Waals surface area contributed by atoms with Gasteiger partial charge in [0.05, 0.1) is 21.5 Å². The van der Waals surface area contributed by atoms with E-state index in [1.165, 1.54) is 0 Å². The number of aliphatic hydroxyl groups is 1. The van der Waals surface area contributed by atoms with Gasteiger partial charge in [-0.2, -0.15) is 16.9 Å². The normalized spacial score (nSPS) is 14.8. The summed E-state index contributed by atoms with van der Waals surface area (Å²) in [6, 6.07) is 0. The fourth-order valence-corrected chi connectivity index (χ4v) is 3.00. The Morgan fingerprint density at radius 3 is 2.78 bits per heavy atom. The summed E-state index contributed by atoms with van der Waals surface area (Å²) in [4.78, 5) is 0. The van der Waals surface area contributed by atoms with Crippen LogP contribution in [0.3, 0.4) is 0 Å². The molecule has 2 N–H and O–H groups in total. The van der Waals surface area contributed by atoms with E-state index in [1.54, 1.807) is 11.8 Å². The molecule has 0 fully saturated rings. The van der Waals surface area contributed by atoms with Crippen molar-refractivity contribution in [1.29, 1.82) is 0 Å². The minimum atomic E-state index is -0.669. The van der Waals surface area contributed by atoms with Crippen LogP contribution >= 0.6 is 27.7 Å². The van der Waals surface area contributed by atoms with Crippen molar-refractivity contribution < 1.29 is 5.11 Å². The smallest absolute Gasteiger partial charge is 0.0833 e. The van der Waals surface area contributed by atoms with Crippen molar-refractivity contribution in [2.75, 3.05) is 18.6 Å². The molecule has 1 atom stereocenters. The van der Waals surface area contributed by atoms with Crippen LogP contribution in [0.15, 0.2) is 4.47 Å². The summed E-state index contributed by atoms with van der Waals surface area (Å²) in [7, 11) is 0. The number of hydrogen-bond donors (Lipinski definition) is 2. The van der Waals surface area contributed by atoms with Gasteiger partial charge < -0.3 is 10.4 Å². The highest BCUT2D eigenvalue weighted by atomic mass is 79.9. The highest BCUT2D eigenvalue weighted by Crippen LogP contribution is 2.21. The molecule has 0 aliphatic heterocycles. The van der Waals surface area contributed by atoms with Crippen LogP contribution in [-0.2, 0) is 13.1 Å². The van der Waals surface area contributed by atoms with Crippen molar-refractivity contribution in [1.82, 2.24) is 15.1 Å². The van der Waals surface area contributed by atoms with Crippen molar-refractivity contribution >= 4 is 27.7 Å². The molecule has 18 heavy (non-hydrogen) atoms. The summed E-state index contributed by atoms with van der Waals surface area (Å²) in [6.07, 6.45) is 2.00. The molecule has 0 aliphatic rings. The zero-order valence-electron chi connectivity index (χ0n) is 11.5. The van der Waals surface area contributed by atoms with E-state index in [0.29, 0.717) is 13.1 Å². The predicted molar refractivity (Wildman–Crippen MR) is 81.1 cm³/mol. The molecule has 0 spiro atoms. The lowest BCUT2D eigenvalue weighted by molar-refractivity contribution is 0.0843. The van der Waals surface area contributed by atoms with Gasteiger partial charge >= 0.3 is 0 Å². The van der Waals surface area contributed by atoms with Gasteiger partial charge in [0, 0.05) is 25.4 Å². The van der Waals surface area contributed by atoms with Gasteiger partial charge in [-0.25, -0.2) is 0 Å². The number of halogens is 1. The molecule has 0 aliphatic carbocycles. The molecule has 0 radical (unpaired) electrons. The average Bonchev–Trinajstić information content (AvgIpc) is 2.56. The van der Waals surface area contributed by atoms with E-state index >= 15 is 0 Å². The van der Waals surface area contributed by atoms with Gasteiger partial charge in [0.2, 0.25) is 0 Å². The molecule has 0 bridgehead atoms. The summed E-state index contributed by atoms with van der Waals surface area (Å²) in [5.74, 6) is 0.729. The molecular weight excluding hydrogens is 314 g/mol. The summed E-state index contributed by atoms with van der Waals surface area (Å²) in [5.41, 5.74) is 1.47. The van der Waals surface area contributed by atoms with Crippen LogP contribution in [-0.4, -0.2) is 39.0 Å². The number of hydrogen-bond acceptors (Lipinski definition) is 4. The van der Waals surface area contributed by atoms with Crippen molar-refractivity contribution in [3.05, 3.63) is 15.9 Å². The second-order valence-corrected chi connectivity index (χ2v) is 6.35. The lowest BCUT2D eigenvalue weighted by atomic mass is 10.1. The maximum absolute atomic E-state index is 10.1. The number of thioether (sulfide) groups is 1. The number of aromatic nitrogens is 2. The molecule has 0 saturated heterocycles. The molecular formula is C12H22BrN3OS. The third-order valence-corrected chi connectivity index (χ3v) is 4.65. The lowest BCUT2D eigenvalue weighted by Gasteiger charge is -2.22. The Bertz CT molecular complexity index is 393. The van der Waals surface area contributed by atoms with E-state index in [1.807, 2.05) is 24.8 Å². The monoisotopic (exact) mass is 335 g/mol. The van der Waals surface area contributed by atoms with Crippen LogP contribution in [0.4, 0.5) is 0 Å². The largest absolute Gasteiger partial charge is 0.388 e. The second kappa shape index (κ2) is 6.93. The van der Waals surface area contributed by atoms with E-state index in [2.05, 4.69) is 33.3 Å². The van der Waals surface area contributed by atoms with E-state index in [4.69, 9.17) is 0 Å². The summed E-state index contributed by atoms with van der Waals surface area (Å²) in [5, 5.41) is 17.8.